The highest BCUT2D eigenvalue weighted by atomic mass is 16.6. The maximum absolute atomic E-state index is 12.2. The monoisotopic (exact) mass is 301 g/mol. The number of methoxy groups -OCH3 is 1. The third-order valence-electron chi connectivity index (χ3n) is 2.99. The van der Waals surface area contributed by atoms with Gasteiger partial charge < -0.3 is 9.47 Å². The molecule has 0 heterocycles. The maximum Gasteiger partial charge on any atom is 0.265 e. The number of carbonyl (C=O) groups excluding carboxylic acids is 1. The van der Waals surface area contributed by atoms with E-state index in [1.54, 1.807) is 54.6 Å². The Kier molecular flexibility index (Phi) is 5.08. The van der Waals surface area contributed by atoms with Gasteiger partial charge in [-0.1, -0.05) is 42.5 Å². The smallest absolute Gasteiger partial charge is 0.265 e. The second-order valence-corrected chi connectivity index (χ2v) is 4.52. The normalized spacial score (nSPS) is 11.5. The number of para-hydroxylation sites is 2. The molecule has 1 atom stereocenters. The van der Waals surface area contributed by atoms with Crippen LogP contribution in [-0.2, 0) is 4.79 Å². The second kappa shape index (κ2) is 7.21. The van der Waals surface area contributed by atoms with Crippen molar-refractivity contribution in [1.82, 2.24) is 0 Å². The Bertz CT molecular complexity index is 657. The largest absolute Gasteiger partial charge is 0.493 e. The molecule has 0 fully saturated rings. The van der Waals surface area contributed by atoms with Gasteiger partial charge in [-0.25, -0.2) is 0 Å². The summed E-state index contributed by atoms with van der Waals surface area (Å²) in [7, 11) is 1.48. The Hall–Kier alpha value is -2.89. The zero-order valence-electron chi connectivity index (χ0n) is 12.0. The van der Waals surface area contributed by atoms with Crippen LogP contribution in [0.25, 0.3) is 0 Å². The molecular weight excluding hydrogens is 286 g/mol. The molecule has 0 aromatic heterocycles. The Labute approximate surface area is 127 Å². The first kappa shape index (κ1) is 15.5. The highest BCUT2D eigenvalue weighted by Gasteiger charge is 2.27. The summed E-state index contributed by atoms with van der Waals surface area (Å²) < 4.78 is 10.9. The van der Waals surface area contributed by atoms with Crippen LogP contribution < -0.4 is 9.47 Å². The summed E-state index contributed by atoms with van der Waals surface area (Å²) >= 11 is 0. The quantitative estimate of drug-likeness (QED) is 0.580. The minimum atomic E-state index is -1.05. The molecule has 2 aromatic carbocycles. The van der Waals surface area contributed by atoms with Gasteiger partial charge in [0, 0.05) is 10.5 Å². The van der Waals surface area contributed by atoms with Crippen molar-refractivity contribution in [3.63, 3.8) is 0 Å². The summed E-state index contributed by atoms with van der Waals surface area (Å²) in [4.78, 5) is 22.1. The van der Waals surface area contributed by atoms with Gasteiger partial charge in [0.05, 0.1) is 7.11 Å². The van der Waals surface area contributed by atoms with Crippen LogP contribution in [0.15, 0.2) is 54.6 Å². The lowest BCUT2D eigenvalue weighted by Gasteiger charge is -2.18. The molecule has 0 aliphatic carbocycles. The van der Waals surface area contributed by atoms with Crippen LogP contribution >= 0.6 is 0 Å². The fourth-order valence-electron chi connectivity index (χ4n) is 2.00. The van der Waals surface area contributed by atoms with Gasteiger partial charge in [0.2, 0.25) is 5.78 Å². The number of benzene rings is 2. The van der Waals surface area contributed by atoms with Crippen LogP contribution in [0, 0.1) is 10.1 Å². The number of ether oxygens (including phenoxy) is 2. The van der Waals surface area contributed by atoms with Gasteiger partial charge in [-0.05, 0) is 12.1 Å². The van der Waals surface area contributed by atoms with Crippen LogP contribution in [0.2, 0.25) is 0 Å². The molecule has 0 spiro atoms. The summed E-state index contributed by atoms with van der Waals surface area (Å²) in [5, 5.41) is 10.6. The number of hydrogen-bond acceptors (Lipinski definition) is 5. The number of ketones is 1. The summed E-state index contributed by atoms with van der Waals surface area (Å²) in [5.74, 6) is 0.190. The van der Waals surface area contributed by atoms with E-state index in [4.69, 9.17) is 9.47 Å². The van der Waals surface area contributed by atoms with E-state index in [2.05, 4.69) is 0 Å². The van der Waals surface area contributed by atoms with E-state index in [0.29, 0.717) is 17.1 Å². The first-order chi connectivity index (χ1) is 10.6. The molecule has 0 N–H and O–H groups in total. The average Bonchev–Trinajstić information content (AvgIpc) is 2.53. The lowest BCUT2D eigenvalue weighted by molar-refractivity contribution is -0.468. The topological polar surface area (TPSA) is 78.7 Å². The maximum atomic E-state index is 12.2. The molecular formula is C16H15NO5. The van der Waals surface area contributed by atoms with Gasteiger partial charge in [-0.15, -0.1) is 0 Å². The van der Waals surface area contributed by atoms with Gasteiger partial charge >= 0.3 is 0 Å². The average molecular weight is 301 g/mol. The van der Waals surface area contributed by atoms with Crippen LogP contribution in [0.1, 0.15) is 11.7 Å². The van der Waals surface area contributed by atoms with E-state index in [1.165, 1.54) is 7.11 Å². The highest BCUT2D eigenvalue weighted by Crippen LogP contribution is 2.31. The Morgan fingerprint density at radius 2 is 1.68 bits per heavy atom. The molecule has 0 bridgehead atoms. The predicted molar refractivity (Wildman–Crippen MR) is 79.7 cm³/mol. The Morgan fingerprint density at radius 1 is 1.09 bits per heavy atom. The van der Waals surface area contributed by atoms with Crippen molar-refractivity contribution in [2.45, 2.75) is 6.10 Å². The molecule has 22 heavy (non-hydrogen) atoms. The number of hydrogen-bond donors (Lipinski definition) is 0. The molecule has 0 amide bonds. The first-order valence-corrected chi connectivity index (χ1v) is 6.61. The van der Waals surface area contributed by atoms with Crippen LogP contribution in [0.4, 0.5) is 0 Å². The van der Waals surface area contributed by atoms with Crippen molar-refractivity contribution in [1.29, 1.82) is 0 Å². The number of nitrogens with zero attached hydrogens (tertiary/aromatic N) is 1. The van der Waals surface area contributed by atoms with Gasteiger partial charge in [0.1, 0.15) is 0 Å². The lowest BCUT2D eigenvalue weighted by atomic mass is 10.1. The van der Waals surface area contributed by atoms with Crippen molar-refractivity contribution >= 4 is 5.78 Å². The van der Waals surface area contributed by atoms with Crippen molar-refractivity contribution in [3.8, 4) is 11.5 Å². The molecule has 2 aromatic rings. The molecule has 0 aliphatic heterocycles. The highest BCUT2D eigenvalue weighted by molar-refractivity contribution is 5.85. The minimum absolute atomic E-state index is 0.357. The molecule has 0 saturated heterocycles. The molecule has 6 heteroatoms. The SMILES string of the molecule is COc1ccccc1OC(C(=O)C[N+](=O)[O-])c1ccccc1. The van der Waals surface area contributed by atoms with Gasteiger partial charge in [-0.3, -0.25) is 14.9 Å². The van der Waals surface area contributed by atoms with E-state index in [-0.39, 0.29) is 0 Å². The summed E-state index contributed by atoms with van der Waals surface area (Å²) in [5.41, 5.74) is 0.556. The van der Waals surface area contributed by atoms with E-state index in [9.17, 15) is 14.9 Å². The fraction of sp³-hybridized carbons (Fsp3) is 0.188. The molecule has 0 saturated carbocycles. The zero-order chi connectivity index (χ0) is 15.9. The number of carbonyl (C=O) groups is 1. The molecule has 0 aliphatic rings. The molecule has 2 rings (SSSR count). The number of rotatable bonds is 7. The van der Waals surface area contributed by atoms with Crippen molar-refractivity contribution in [2.75, 3.05) is 13.7 Å². The minimum Gasteiger partial charge on any atom is -0.493 e. The molecule has 6 nitrogen and oxygen atoms in total. The Morgan fingerprint density at radius 3 is 2.27 bits per heavy atom. The number of Topliss-reactive ketones (excluding diaryl/α,β-unsaturated/α-hetero) is 1. The summed E-state index contributed by atoms with van der Waals surface area (Å²) in [6.07, 6.45) is -1.05. The van der Waals surface area contributed by atoms with Gasteiger partial charge in [-0.2, -0.15) is 0 Å². The van der Waals surface area contributed by atoms with Gasteiger partial charge in [0.25, 0.3) is 6.54 Å². The van der Waals surface area contributed by atoms with E-state index < -0.39 is 23.4 Å². The van der Waals surface area contributed by atoms with E-state index in [1.807, 2.05) is 0 Å². The Balaban J connectivity index is 2.32. The third kappa shape index (κ3) is 3.82. The van der Waals surface area contributed by atoms with Crippen molar-refractivity contribution in [2.24, 2.45) is 0 Å². The predicted octanol–water partition coefficient (Wildman–Crippen LogP) is 2.66. The van der Waals surface area contributed by atoms with Crippen LogP contribution in [0.5, 0.6) is 11.5 Å². The summed E-state index contributed by atoms with van der Waals surface area (Å²) in [6.45, 7) is -0.797. The van der Waals surface area contributed by atoms with Crippen LogP contribution in [-0.4, -0.2) is 24.4 Å². The molecule has 0 radical (unpaired) electrons. The zero-order valence-corrected chi connectivity index (χ0v) is 12.0. The molecule has 1 unspecified atom stereocenters. The molecule has 114 valence electrons. The van der Waals surface area contributed by atoms with Crippen molar-refractivity contribution < 1.29 is 19.2 Å². The van der Waals surface area contributed by atoms with Crippen LogP contribution in [0.3, 0.4) is 0 Å². The number of nitro groups is 1. The van der Waals surface area contributed by atoms with E-state index >= 15 is 0 Å². The van der Waals surface area contributed by atoms with Crippen molar-refractivity contribution in [3.05, 3.63) is 70.3 Å². The van der Waals surface area contributed by atoms with Gasteiger partial charge in [0.15, 0.2) is 17.6 Å². The second-order valence-electron chi connectivity index (χ2n) is 4.52. The van der Waals surface area contributed by atoms with E-state index in [0.717, 1.165) is 0 Å². The lowest BCUT2D eigenvalue weighted by Crippen LogP contribution is -2.25. The summed E-state index contributed by atoms with van der Waals surface area (Å²) in [6, 6.07) is 15.5. The fourth-order valence-corrected chi connectivity index (χ4v) is 2.00. The standard InChI is InChI=1S/C16H15NO5/c1-21-14-9-5-6-10-15(14)22-16(13(18)11-17(19)20)12-7-3-2-4-8-12/h2-10,16H,11H2,1H3. The first-order valence-electron chi connectivity index (χ1n) is 6.61. The third-order valence-corrected chi connectivity index (χ3v) is 2.99.